The molecule has 0 aromatic heterocycles. The Hall–Kier alpha value is -0.670. The van der Waals surface area contributed by atoms with Gasteiger partial charge in [0.1, 0.15) is 5.75 Å². The van der Waals surface area contributed by atoms with E-state index in [9.17, 15) is 0 Å². The lowest BCUT2D eigenvalue weighted by molar-refractivity contribution is 0.402. The summed E-state index contributed by atoms with van der Waals surface area (Å²) >= 11 is 1.73. The summed E-state index contributed by atoms with van der Waals surface area (Å²) in [6.45, 7) is 0. The Morgan fingerprint density at radius 1 is 1.43 bits per heavy atom. The summed E-state index contributed by atoms with van der Waals surface area (Å²) in [5, 5.41) is 0. The number of hydrogen-bond acceptors (Lipinski definition) is 3. The van der Waals surface area contributed by atoms with Crippen LogP contribution in [-0.4, -0.2) is 13.4 Å². The zero-order valence-corrected chi connectivity index (χ0v) is 9.36. The van der Waals surface area contributed by atoms with Gasteiger partial charge in [-0.1, -0.05) is 6.07 Å². The Balaban J connectivity index is 2.52. The van der Waals surface area contributed by atoms with Crippen LogP contribution in [0.2, 0.25) is 0 Å². The number of rotatable bonds is 3. The molecule has 1 fully saturated rings. The van der Waals surface area contributed by atoms with Gasteiger partial charge in [0.15, 0.2) is 0 Å². The van der Waals surface area contributed by atoms with E-state index in [2.05, 4.69) is 12.3 Å². The van der Waals surface area contributed by atoms with E-state index in [0.29, 0.717) is 0 Å². The maximum atomic E-state index is 6.23. The van der Waals surface area contributed by atoms with E-state index < -0.39 is 0 Å². The zero-order valence-electron chi connectivity index (χ0n) is 8.54. The Morgan fingerprint density at radius 2 is 2.14 bits per heavy atom. The van der Waals surface area contributed by atoms with Gasteiger partial charge in [-0.2, -0.15) is 0 Å². The highest BCUT2D eigenvalue weighted by Crippen LogP contribution is 2.49. The van der Waals surface area contributed by atoms with E-state index in [1.807, 2.05) is 12.1 Å². The van der Waals surface area contributed by atoms with Crippen molar-refractivity contribution in [1.82, 2.24) is 0 Å². The molecule has 1 aliphatic rings. The topological polar surface area (TPSA) is 35.2 Å². The van der Waals surface area contributed by atoms with Crippen molar-refractivity contribution in [2.45, 2.75) is 23.3 Å². The highest BCUT2D eigenvalue weighted by molar-refractivity contribution is 7.98. The Morgan fingerprint density at radius 3 is 2.64 bits per heavy atom. The van der Waals surface area contributed by atoms with Gasteiger partial charge < -0.3 is 10.5 Å². The summed E-state index contributed by atoms with van der Waals surface area (Å²) in [6.07, 6.45) is 4.21. The summed E-state index contributed by atoms with van der Waals surface area (Å²) in [5.74, 6) is 0.928. The normalized spacial score (nSPS) is 17.9. The minimum Gasteiger partial charge on any atom is -0.496 e. The lowest BCUT2D eigenvalue weighted by Gasteiger charge is -2.17. The van der Waals surface area contributed by atoms with E-state index >= 15 is 0 Å². The molecule has 0 atom stereocenters. The SMILES string of the molecule is COc1cccc(SC)c1C1(N)CC1. The van der Waals surface area contributed by atoms with Crippen molar-refractivity contribution in [2.24, 2.45) is 5.73 Å². The Bertz CT molecular complexity index is 325. The van der Waals surface area contributed by atoms with Crippen LogP contribution in [0.15, 0.2) is 23.1 Å². The van der Waals surface area contributed by atoms with Gasteiger partial charge in [0.2, 0.25) is 0 Å². The van der Waals surface area contributed by atoms with Crippen molar-refractivity contribution in [3.8, 4) is 5.75 Å². The average Bonchev–Trinajstić information content (AvgIpc) is 2.96. The Kier molecular flexibility index (Phi) is 2.45. The molecule has 1 aromatic rings. The summed E-state index contributed by atoms with van der Waals surface area (Å²) in [7, 11) is 1.70. The second kappa shape index (κ2) is 3.48. The molecule has 0 saturated heterocycles. The third kappa shape index (κ3) is 1.51. The first-order valence-corrected chi connectivity index (χ1v) is 5.94. The van der Waals surface area contributed by atoms with Crippen LogP contribution in [0.5, 0.6) is 5.75 Å². The third-order valence-electron chi connectivity index (χ3n) is 2.71. The Labute approximate surface area is 88.8 Å². The lowest BCUT2D eigenvalue weighted by atomic mass is 10.0. The molecule has 2 nitrogen and oxygen atoms in total. The highest BCUT2D eigenvalue weighted by atomic mass is 32.2. The fraction of sp³-hybridized carbons (Fsp3) is 0.455. The number of benzene rings is 1. The molecule has 3 heteroatoms. The van der Waals surface area contributed by atoms with Crippen molar-refractivity contribution in [3.63, 3.8) is 0 Å². The lowest BCUT2D eigenvalue weighted by Crippen LogP contribution is -2.20. The maximum absolute atomic E-state index is 6.23. The molecule has 1 aliphatic carbocycles. The summed E-state index contributed by atoms with van der Waals surface area (Å²) in [5.41, 5.74) is 7.30. The number of hydrogen-bond donors (Lipinski definition) is 1. The van der Waals surface area contributed by atoms with Gasteiger partial charge in [0.25, 0.3) is 0 Å². The third-order valence-corrected chi connectivity index (χ3v) is 3.49. The molecule has 0 aliphatic heterocycles. The number of nitrogens with two attached hydrogens (primary N) is 1. The van der Waals surface area contributed by atoms with Crippen molar-refractivity contribution >= 4 is 11.8 Å². The molecule has 0 spiro atoms. The van der Waals surface area contributed by atoms with Crippen LogP contribution in [0.1, 0.15) is 18.4 Å². The van der Waals surface area contributed by atoms with Gasteiger partial charge in [-0.3, -0.25) is 0 Å². The minimum absolute atomic E-state index is 0.120. The van der Waals surface area contributed by atoms with Crippen molar-refractivity contribution in [1.29, 1.82) is 0 Å². The fourth-order valence-electron chi connectivity index (χ4n) is 1.73. The summed E-state index contributed by atoms with van der Waals surface area (Å²) in [4.78, 5) is 1.24. The van der Waals surface area contributed by atoms with Gasteiger partial charge in [-0.05, 0) is 31.2 Å². The van der Waals surface area contributed by atoms with Crippen LogP contribution in [0.4, 0.5) is 0 Å². The zero-order chi connectivity index (χ0) is 10.2. The molecule has 76 valence electrons. The van der Waals surface area contributed by atoms with Gasteiger partial charge in [-0.15, -0.1) is 11.8 Å². The quantitative estimate of drug-likeness (QED) is 0.776. The summed E-state index contributed by atoms with van der Waals surface area (Å²) in [6, 6.07) is 6.11. The van der Waals surface area contributed by atoms with E-state index in [1.54, 1.807) is 18.9 Å². The van der Waals surface area contributed by atoms with Gasteiger partial charge in [0, 0.05) is 16.0 Å². The first-order chi connectivity index (χ1) is 6.71. The first-order valence-electron chi connectivity index (χ1n) is 4.71. The molecule has 0 bridgehead atoms. The largest absolute Gasteiger partial charge is 0.496 e. The minimum atomic E-state index is -0.120. The van der Waals surface area contributed by atoms with Gasteiger partial charge in [-0.25, -0.2) is 0 Å². The van der Waals surface area contributed by atoms with Gasteiger partial charge in [0.05, 0.1) is 7.11 Å². The number of methoxy groups -OCH3 is 1. The van der Waals surface area contributed by atoms with Crippen molar-refractivity contribution in [3.05, 3.63) is 23.8 Å². The first kappa shape index (κ1) is 9.87. The molecule has 1 aromatic carbocycles. The number of ether oxygens (including phenoxy) is 1. The number of thioether (sulfide) groups is 1. The molecule has 0 unspecified atom stereocenters. The van der Waals surface area contributed by atoms with E-state index in [0.717, 1.165) is 18.6 Å². The van der Waals surface area contributed by atoms with Crippen LogP contribution in [-0.2, 0) is 5.54 Å². The predicted molar refractivity (Wildman–Crippen MR) is 59.9 cm³/mol. The van der Waals surface area contributed by atoms with Gasteiger partial charge >= 0.3 is 0 Å². The fourth-order valence-corrected chi connectivity index (χ4v) is 2.45. The smallest absolute Gasteiger partial charge is 0.125 e. The molecular formula is C11H15NOS. The molecule has 2 N–H and O–H groups in total. The second-order valence-electron chi connectivity index (χ2n) is 3.69. The average molecular weight is 209 g/mol. The monoisotopic (exact) mass is 209 g/mol. The molecule has 1 saturated carbocycles. The van der Waals surface area contributed by atoms with E-state index in [-0.39, 0.29) is 5.54 Å². The van der Waals surface area contributed by atoms with E-state index in [1.165, 1.54) is 10.5 Å². The molecular weight excluding hydrogens is 194 g/mol. The molecule has 14 heavy (non-hydrogen) atoms. The molecule has 0 amide bonds. The predicted octanol–water partition coefficient (Wildman–Crippen LogP) is 2.36. The van der Waals surface area contributed by atoms with Crippen LogP contribution < -0.4 is 10.5 Å². The van der Waals surface area contributed by atoms with Crippen LogP contribution in [0, 0.1) is 0 Å². The summed E-state index contributed by atoms with van der Waals surface area (Å²) < 4.78 is 5.36. The van der Waals surface area contributed by atoms with E-state index in [4.69, 9.17) is 10.5 Å². The maximum Gasteiger partial charge on any atom is 0.125 e. The molecule has 0 heterocycles. The van der Waals surface area contributed by atoms with Crippen molar-refractivity contribution < 1.29 is 4.74 Å². The molecule has 2 rings (SSSR count). The van der Waals surface area contributed by atoms with Crippen molar-refractivity contribution in [2.75, 3.05) is 13.4 Å². The van der Waals surface area contributed by atoms with Crippen LogP contribution in [0.3, 0.4) is 0 Å². The standard InChI is InChI=1S/C11H15NOS/c1-13-8-4-3-5-9(14-2)10(8)11(12)6-7-11/h3-5H,6-7,12H2,1-2H3. The van der Waals surface area contributed by atoms with Crippen LogP contribution >= 0.6 is 11.8 Å². The highest BCUT2D eigenvalue weighted by Gasteiger charge is 2.43. The second-order valence-corrected chi connectivity index (χ2v) is 4.54. The van der Waals surface area contributed by atoms with Crippen LogP contribution in [0.25, 0.3) is 0 Å². The molecule has 0 radical (unpaired) electrons.